The van der Waals surface area contributed by atoms with Crippen molar-refractivity contribution < 1.29 is 9.53 Å². The lowest BCUT2D eigenvalue weighted by atomic mass is 10.1. The molecule has 154 valence electrons. The summed E-state index contributed by atoms with van der Waals surface area (Å²) in [5.74, 6) is 0.152. The van der Waals surface area contributed by atoms with Crippen molar-refractivity contribution in [1.82, 2.24) is 9.55 Å². The topological polar surface area (TPSA) is 73.2 Å². The van der Waals surface area contributed by atoms with Crippen LogP contribution in [0.25, 0.3) is 0 Å². The SMILES string of the molecule is Cc1cc(C)cc(NC(=O)CSc2nc(=O)n(CC3CCCO3)c3c2CCC3)c1. The quantitative estimate of drug-likeness (QED) is 0.581. The van der Waals surface area contributed by atoms with Crippen LogP contribution in [0.4, 0.5) is 5.69 Å². The fourth-order valence-corrected chi connectivity index (χ4v) is 5.14. The standard InChI is InChI=1S/C22H27N3O3S/c1-14-9-15(2)11-16(10-14)23-20(26)13-29-21-18-6-3-7-19(18)25(22(27)24-21)12-17-5-4-8-28-17/h9-11,17H,3-8,12-13H2,1-2H3,(H,23,26). The number of fused-ring (bicyclic) bond motifs is 1. The maximum absolute atomic E-state index is 12.7. The summed E-state index contributed by atoms with van der Waals surface area (Å²) in [5, 5.41) is 3.66. The van der Waals surface area contributed by atoms with Gasteiger partial charge < -0.3 is 10.1 Å². The second kappa shape index (κ2) is 8.71. The molecule has 7 heteroatoms. The van der Waals surface area contributed by atoms with Crippen molar-refractivity contribution in [2.45, 2.75) is 63.6 Å². The number of benzene rings is 1. The van der Waals surface area contributed by atoms with Gasteiger partial charge >= 0.3 is 5.69 Å². The fraction of sp³-hybridized carbons (Fsp3) is 0.500. The van der Waals surface area contributed by atoms with Crippen LogP contribution in [-0.4, -0.2) is 33.9 Å². The van der Waals surface area contributed by atoms with E-state index in [-0.39, 0.29) is 23.5 Å². The van der Waals surface area contributed by atoms with E-state index < -0.39 is 0 Å². The molecule has 2 aliphatic rings. The average molecular weight is 414 g/mol. The monoisotopic (exact) mass is 413 g/mol. The minimum Gasteiger partial charge on any atom is -0.376 e. The summed E-state index contributed by atoms with van der Waals surface area (Å²) in [7, 11) is 0. The summed E-state index contributed by atoms with van der Waals surface area (Å²) < 4.78 is 7.51. The van der Waals surface area contributed by atoms with Gasteiger partial charge in [-0.3, -0.25) is 9.36 Å². The minimum atomic E-state index is -0.224. The summed E-state index contributed by atoms with van der Waals surface area (Å²) in [6.07, 6.45) is 4.99. The smallest absolute Gasteiger partial charge is 0.348 e. The van der Waals surface area contributed by atoms with E-state index in [1.165, 1.54) is 11.8 Å². The largest absolute Gasteiger partial charge is 0.376 e. The molecule has 1 aromatic carbocycles. The first kappa shape index (κ1) is 20.2. The van der Waals surface area contributed by atoms with Gasteiger partial charge in [-0.2, -0.15) is 4.98 Å². The summed E-state index contributed by atoms with van der Waals surface area (Å²) in [6, 6.07) is 5.98. The first-order chi connectivity index (χ1) is 14.0. The van der Waals surface area contributed by atoms with E-state index in [0.717, 1.165) is 66.8 Å². The molecule has 0 bridgehead atoms. The lowest BCUT2D eigenvalue weighted by Crippen LogP contribution is -2.31. The van der Waals surface area contributed by atoms with Gasteiger partial charge in [-0.1, -0.05) is 17.8 Å². The van der Waals surface area contributed by atoms with Crippen LogP contribution in [0, 0.1) is 13.8 Å². The van der Waals surface area contributed by atoms with E-state index in [1.807, 2.05) is 26.0 Å². The lowest BCUT2D eigenvalue weighted by molar-refractivity contribution is -0.113. The number of rotatable bonds is 6. The van der Waals surface area contributed by atoms with E-state index in [2.05, 4.69) is 16.4 Å². The van der Waals surface area contributed by atoms with Crippen LogP contribution in [0.2, 0.25) is 0 Å². The fourth-order valence-electron chi connectivity index (χ4n) is 4.26. The highest BCUT2D eigenvalue weighted by molar-refractivity contribution is 8.00. The maximum atomic E-state index is 12.7. The number of anilines is 1. The predicted octanol–water partition coefficient (Wildman–Crippen LogP) is 3.26. The summed E-state index contributed by atoms with van der Waals surface area (Å²) in [4.78, 5) is 29.4. The van der Waals surface area contributed by atoms with E-state index >= 15 is 0 Å². The molecule has 2 aromatic rings. The number of carbonyl (C=O) groups excluding carboxylic acids is 1. The second-order valence-electron chi connectivity index (χ2n) is 7.94. The third kappa shape index (κ3) is 4.73. The summed E-state index contributed by atoms with van der Waals surface area (Å²) >= 11 is 1.36. The molecule has 1 atom stereocenters. The van der Waals surface area contributed by atoms with Gasteiger partial charge in [0.25, 0.3) is 0 Å². The van der Waals surface area contributed by atoms with Crippen molar-refractivity contribution in [3.05, 3.63) is 51.1 Å². The molecular formula is C22H27N3O3S. The zero-order chi connectivity index (χ0) is 20.4. The molecule has 2 heterocycles. The molecule has 0 spiro atoms. The highest BCUT2D eigenvalue weighted by atomic mass is 32.2. The second-order valence-corrected chi connectivity index (χ2v) is 8.90. The molecule has 1 aliphatic heterocycles. The summed E-state index contributed by atoms with van der Waals surface area (Å²) in [5.41, 5.74) is 5.02. The number of nitrogens with one attached hydrogen (secondary N) is 1. The predicted molar refractivity (Wildman–Crippen MR) is 115 cm³/mol. The number of carbonyl (C=O) groups is 1. The number of aryl methyl sites for hydroxylation is 2. The minimum absolute atomic E-state index is 0.0860. The van der Waals surface area contributed by atoms with Gasteiger partial charge in [-0.05, 0) is 69.2 Å². The molecule has 6 nitrogen and oxygen atoms in total. The van der Waals surface area contributed by atoms with Crippen molar-refractivity contribution in [3.8, 4) is 0 Å². The van der Waals surface area contributed by atoms with Crippen molar-refractivity contribution >= 4 is 23.4 Å². The Hall–Kier alpha value is -2.12. The number of thioether (sulfide) groups is 1. The molecule has 1 fully saturated rings. The van der Waals surface area contributed by atoms with Crippen LogP contribution in [0.1, 0.15) is 41.6 Å². The molecule has 29 heavy (non-hydrogen) atoms. The van der Waals surface area contributed by atoms with Crippen LogP contribution in [0.5, 0.6) is 0 Å². The van der Waals surface area contributed by atoms with Gasteiger partial charge in [0.05, 0.1) is 18.4 Å². The van der Waals surface area contributed by atoms with Crippen LogP contribution in [0.15, 0.2) is 28.0 Å². The Morgan fingerprint density at radius 3 is 2.76 bits per heavy atom. The zero-order valence-electron chi connectivity index (χ0n) is 17.0. The van der Waals surface area contributed by atoms with Gasteiger partial charge in [0.15, 0.2) is 0 Å². The van der Waals surface area contributed by atoms with Crippen molar-refractivity contribution in [2.24, 2.45) is 0 Å². The highest BCUT2D eigenvalue weighted by Gasteiger charge is 2.25. The lowest BCUT2D eigenvalue weighted by Gasteiger charge is -2.17. The highest BCUT2D eigenvalue weighted by Crippen LogP contribution is 2.30. The van der Waals surface area contributed by atoms with Gasteiger partial charge in [0.1, 0.15) is 5.03 Å². The molecule has 1 unspecified atom stereocenters. The van der Waals surface area contributed by atoms with Crippen molar-refractivity contribution in [2.75, 3.05) is 17.7 Å². The Bertz CT molecular complexity index is 960. The van der Waals surface area contributed by atoms with Gasteiger partial charge in [-0.25, -0.2) is 4.79 Å². The number of hydrogen-bond donors (Lipinski definition) is 1. The third-order valence-corrected chi connectivity index (χ3v) is 6.47. The Kier molecular flexibility index (Phi) is 6.06. The van der Waals surface area contributed by atoms with Crippen LogP contribution in [-0.2, 0) is 28.9 Å². The number of aromatic nitrogens is 2. The van der Waals surface area contributed by atoms with E-state index in [4.69, 9.17) is 4.74 Å². The average Bonchev–Trinajstić information content (AvgIpc) is 3.33. The first-order valence-electron chi connectivity index (χ1n) is 10.2. The Balaban J connectivity index is 1.46. The number of nitrogens with zero attached hydrogens (tertiary/aromatic N) is 2. The molecule has 1 aromatic heterocycles. The van der Waals surface area contributed by atoms with Gasteiger partial charge in [0.2, 0.25) is 5.91 Å². The van der Waals surface area contributed by atoms with Crippen molar-refractivity contribution in [3.63, 3.8) is 0 Å². The third-order valence-electron chi connectivity index (χ3n) is 5.46. The van der Waals surface area contributed by atoms with Crippen LogP contribution >= 0.6 is 11.8 Å². The number of hydrogen-bond acceptors (Lipinski definition) is 5. The molecule has 0 saturated carbocycles. The molecule has 1 N–H and O–H groups in total. The molecule has 1 saturated heterocycles. The molecule has 4 rings (SSSR count). The van der Waals surface area contributed by atoms with Gasteiger partial charge in [0, 0.05) is 23.6 Å². The van der Waals surface area contributed by atoms with Crippen LogP contribution < -0.4 is 11.0 Å². The van der Waals surface area contributed by atoms with E-state index in [0.29, 0.717) is 11.6 Å². The van der Waals surface area contributed by atoms with E-state index in [9.17, 15) is 9.59 Å². The van der Waals surface area contributed by atoms with Crippen LogP contribution in [0.3, 0.4) is 0 Å². The number of amides is 1. The normalized spacial score (nSPS) is 18.1. The molecular weight excluding hydrogens is 386 g/mol. The maximum Gasteiger partial charge on any atom is 0.348 e. The molecule has 1 aliphatic carbocycles. The van der Waals surface area contributed by atoms with E-state index in [1.54, 1.807) is 4.57 Å². The Morgan fingerprint density at radius 1 is 1.24 bits per heavy atom. The zero-order valence-corrected chi connectivity index (χ0v) is 17.8. The van der Waals surface area contributed by atoms with Gasteiger partial charge in [-0.15, -0.1) is 0 Å². The number of ether oxygens (including phenoxy) is 1. The molecule has 1 amide bonds. The Labute approximate surface area is 175 Å². The first-order valence-corrected chi connectivity index (χ1v) is 11.2. The summed E-state index contributed by atoms with van der Waals surface area (Å²) in [6.45, 7) is 5.39. The molecule has 0 radical (unpaired) electrons. The Morgan fingerprint density at radius 2 is 2.03 bits per heavy atom. The van der Waals surface area contributed by atoms with Crippen molar-refractivity contribution in [1.29, 1.82) is 0 Å².